The number of anilines is 1. The van der Waals surface area contributed by atoms with Crippen molar-refractivity contribution < 1.29 is 28.6 Å². The van der Waals surface area contributed by atoms with Crippen LogP contribution in [0.1, 0.15) is 42.7 Å². The van der Waals surface area contributed by atoms with E-state index >= 15 is 4.39 Å². The van der Waals surface area contributed by atoms with Gasteiger partial charge in [0.15, 0.2) is 23.0 Å². The first kappa shape index (κ1) is 22.7. The minimum Gasteiger partial charge on any atom is -0.490 e. The fourth-order valence-corrected chi connectivity index (χ4v) is 4.14. The lowest BCUT2D eigenvalue weighted by Crippen LogP contribution is -2.28. The summed E-state index contributed by atoms with van der Waals surface area (Å²) in [5, 5.41) is 16.8. The number of hydrogen-bond acceptors (Lipinski definition) is 7. The first-order chi connectivity index (χ1) is 15.6. The molecule has 2 aromatic heterocycles. The van der Waals surface area contributed by atoms with Crippen LogP contribution in [-0.2, 0) is 27.2 Å². The number of ether oxygens (including phenoxy) is 2. The van der Waals surface area contributed by atoms with Crippen LogP contribution in [0.3, 0.4) is 0 Å². The van der Waals surface area contributed by atoms with Crippen LogP contribution in [0.25, 0.3) is 16.9 Å². The monoisotopic (exact) mass is 456 g/mol. The molecule has 3 aromatic rings. The zero-order valence-electron chi connectivity index (χ0n) is 18.9. The van der Waals surface area contributed by atoms with E-state index in [1.807, 2.05) is 6.92 Å². The Labute approximate surface area is 189 Å². The summed E-state index contributed by atoms with van der Waals surface area (Å²) in [7, 11) is 0. The number of benzene rings is 1. The van der Waals surface area contributed by atoms with E-state index in [-0.39, 0.29) is 18.0 Å². The zero-order chi connectivity index (χ0) is 23.9. The van der Waals surface area contributed by atoms with Gasteiger partial charge in [0.1, 0.15) is 0 Å². The number of carbonyl (C=O) groups excluding carboxylic acids is 2. The van der Waals surface area contributed by atoms with Crippen LogP contribution in [0.5, 0.6) is 5.75 Å². The van der Waals surface area contributed by atoms with Crippen molar-refractivity contribution >= 4 is 23.8 Å². The Morgan fingerprint density at radius 1 is 1.39 bits per heavy atom. The van der Waals surface area contributed by atoms with Crippen LogP contribution in [0.4, 0.5) is 10.2 Å². The molecule has 0 bridgehead atoms. The summed E-state index contributed by atoms with van der Waals surface area (Å²) in [6.07, 6.45) is 1.70. The number of carbonyl (C=O) groups is 2. The molecule has 1 aliphatic rings. The summed E-state index contributed by atoms with van der Waals surface area (Å²) in [5.74, 6) is -2.33. The molecule has 0 radical (unpaired) electrons. The van der Waals surface area contributed by atoms with Crippen molar-refractivity contribution in [3.63, 3.8) is 0 Å². The lowest BCUT2D eigenvalue weighted by atomic mass is 9.91. The lowest BCUT2D eigenvalue weighted by Gasteiger charge is -2.24. The molecule has 9 nitrogen and oxygen atoms in total. The second kappa shape index (κ2) is 8.43. The molecule has 10 heteroatoms. The van der Waals surface area contributed by atoms with E-state index in [4.69, 9.17) is 9.47 Å². The molecular weight excluding hydrogens is 431 g/mol. The standard InChI is InChI=1S/C23H25FN4O5/c1-12-14-6-5-7-32-22(14)17(24)8-15(12)21-16(9-20(30)33-23(3,4)31)13(2)26-19-10-18(25-11-29)27-28(19)21/h8,10-11,31H,5-7,9H2,1-4H3,(H,25,27,29). The maximum Gasteiger partial charge on any atom is 0.312 e. The molecule has 0 saturated heterocycles. The number of hydrogen-bond donors (Lipinski definition) is 2. The second-order valence-electron chi connectivity index (χ2n) is 8.47. The molecule has 0 unspecified atom stereocenters. The number of fused-ring (bicyclic) bond motifs is 2. The van der Waals surface area contributed by atoms with Gasteiger partial charge in [-0.3, -0.25) is 9.59 Å². The summed E-state index contributed by atoms with van der Waals surface area (Å²) < 4.78 is 27.2. The molecule has 0 aliphatic carbocycles. The Morgan fingerprint density at radius 2 is 2.15 bits per heavy atom. The van der Waals surface area contributed by atoms with Crippen LogP contribution in [0.2, 0.25) is 0 Å². The third kappa shape index (κ3) is 4.38. The molecule has 0 saturated carbocycles. The first-order valence-corrected chi connectivity index (χ1v) is 10.6. The number of aromatic nitrogens is 3. The van der Waals surface area contributed by atoms with Gasteiger partial charge in [0.05, 0.1) is 18.7 Å². The number of esters is 1. The molecule has 4 rings (SSSR count). The third-order valence-electron chi connectivity index (χ3n) is 5.49. The van der Waals surface area contributed by atoms with Gasteiger partial charge in [-0.05, 0) is 38.3 Å². The maximum absolute atomic E-state index is 15.1. The molecule has 2 N–H and O–H groups in total. The minimum atomic E-state index is -1.65. The average Bonchev–Trinajstić information content (AvgIpc) is 3.12. The molecule has 0 spiro atoms. The number of nitrogens with one attached hydrogen (secondary N) is 1. The van der Waals surface area contributed by atoms with Gasteiger partial charge in [-0.1, -0.05) is 0 Å². The van der Waals surface area contributed by atoms with Crippen molar-refractivity contribution in [3.8, 4) is 17.0 Å². The molecule has 1 aromatic carbocycles. The molecule has 3 heterocycles. The fourth-order valence-electron chi connectivity index (χ4n) is 4.14. The van der Waals surface area contributed by atoms with Gasteiger partial charge >= 0.3 is 5.97 Å². The molecule has 33 heavy (non-hydrogen) atoms. The molecule has 0 fully saturated rings. The number of amides is 1. The van der Waals surface area contributed by atoms with Crippen molar-refractivity contribution in [1.82, 2.24) is 14.6 Å². The van der Waals surface area contributed by atoms with Gasteiger partial charge in [0.25, 0.3) is 0 Å². The molecule has 174 valence electrons. The summed E-state index contributed by atoms with van der Waals surface area (Å²) in [6, 6.07) is 2.95. The Morgan fingerprint density at radius 3 is 2.85 bits per heavy atom. The quantitative estimate of drug-likeness (QED) is 0.333. The van der Waals surface area contributed by atoms with Crippen molar-refractivity contribution in [2.75, 3.05) is 11.9 Å². The predicted octanol–water partition coefficient (Wildman–Crippen LogP) is 2.86. The Kier molecular flexibility index (Phi) is 5.79. The van der Waals surface area contributed by atoms with Crippen molar-refractivity contribution in [2.24, 2.45) is 0 Å². The highest BCUT2D eigenvalue weighted by atomic mass is 19.1. The summed E-state index contributed by atoms with van der Waals surface area (Å²) in [5.41, 5.74) is 3.94. The van der Waals surface area contributed by atoms with E-state index in [9.17, 15) is 14.7 Å². The highest BCUT2D eigenvalue weighted by molar-refractivity contribution is 5.81. The molecular formula is C23H25FN4O5. The normalized spacial score (nSPS) is 13.4. The largest absolute Gasteiger partial charge is 0.490 e. The van der Waals surface area contributed by atoms with Gasteiger partial charge in [0.2, 0.25) is 12.2 Å². The summed E-state index contributed by atoms with van der Waals surface area (Å²) in [6.45, 7) is 6.76. The van der Waals surface area contributed by atoms with E-state index in [1.165, 1.54) is 24.4 Å². The van der Waals surface area contributed by atoms with E-state index in [0.717, 1.165) is 17.5 Å². The highest BCUT2D eigenvalue weighted by Gasteiger charge is 2.27. The van der Waals surface area contributed by atoms with Crippen molar-refractivity contribution in [2.45, 2.75) is 52.7 Å². The SMILES string of the molecule is Cc1nc2cc(NC=O)nn2c(-c2cc(F)c3c(c2C)CCCO3)c1CC(=O)OC(C)(C)O. The minimum absolute atomic E-state index is 0.223. The molecule has 1 amide bonds. The van der Waals surface area contributed by atoms with E-state index in [1.54, 1.807) is 13.0 Å². The second-order valence-corrected chi connectivity index (χ2v) is 8.47. The van der Waals surface area contributed by atoms with Gasteiger partial charge in [-0.15, -0.1) is 5.10 Å². The average molecular weight is 456 g/mol. The summed E-state index contributed by atoms with van der Waals surface area (Å²) >= 11 is 0. The van der Waals surface area contributed by atoms with Gasteiger partial charge < -0.3 is 19.9 Å². The Bertz CT molecular complexity index is 1260. The van der Waals surface area contributed by atoms with E-state index < -0.39 is 17.6 Å². The molecule has 0 atom stereocenters. The summed E-state index contributed by atoms with van der Waals surface area (Å²) in [4.78, 5) is 28.1. The van der Waals surface area contributed by atoms with Crippen LogP contribution in [0, 0.1) is 19.7 Å². The van der Waals surface area contributed by atoms with Crippen LogP contribution >= 0.6 is 0 Å². The van der Waals surface area contributed by atoms with E-state index in [2.05, 4.69) is 15.4 Å². The van der Waals surface area contributed by atoms with Gasteiger partial charge in [0, 0.05) is 42.3 Å². The van der Waals surface area contributed by atoms with E-state index in [0.29, 0.717) is 47.6 Å². The topological polar surface area (TPSA) is 115 Å². The third-order valence-corrected chi connectivity index (χ3v) is 5.49. The Hall–Kier alpha value is -3.53. The van der Waals surface area contributed by atoms with Crippen molar-refractivity contribution in [1.29, 1.82) is 0 Å². The van der Waals surface area contributed by atoms with Gasteiger partial charge in [-0.25, -0.2) is 13.9 Å². The molecule has 1 aliphatic heterocycles. The first-order valence-electron chi connectivity index (χ1n) is 10.6. The van der Waals surface area contributed by atoms with Crippen LogP contribution in [0.15, 0.2) is 12.1 Å². The fraction of sp³-hybridized carbons (Fsp3) is 0.391. The van der Waals surface area contributed by atoms with Crippen LogP contribution < -0.4 is 10.1 Å². The predicted molar refractivity (Wildman–Crippen MR) is 117 cm³/mol. The van der Waals surface area contributed by atoms with Crippen LogP contribution in [-0.4, -0.2) is 44.5 Å². The number of rotatable bonds is 6. The number of aliphatic hydroxyl groups is 1. The number of aryl methyl sites for hydroxylation is 1. The number of nitrogens with zero attached hydrogens (tertiary/aromatic N) is 3. The smallest absolute Gasteiger partial charge is 0.312 e. The lowest BCUT2D eigenvalue weighted by molar-refractivity contribution is -0.194. The number of halogens is 1. The maximum atomic E-state index is 15.1. The van der Waals surface area contributed by atoms with Crippen molar-refractivity contribution in [3.05, 3.63) is 40.3 Å². The van der Waals surface area contributed by atoms with Gasteiger partial charge in [-0.2, -0.15) is 0 Å². The zero-order valence-corrected chi connectivity index (χ0v) is 18.9. The highest BCUT2D eigenvalue weighted by Crippen LogP contribution is 2.39. The Balaban J connectivity index is 1.98.